The molecule has 1 aromatic heterocycles. The van der Waals surface area contributed by atoms with Crippen molar-refractivity contribution in [1.29, 1.82) is 0 Å². The van der Waals surface area contributed by atoms with Gasteiger partial charge >= 0.3 is 0 Å². The van der Waals surface area contributed by atoms with Crippen molar-refractivity contribution < 1.29 is 0 Å². The van der Waals surface area contributed by atoms with E-state index in [9.17, 15) is 0 Å². The van der Waals surface area contributed by atoms with E-state index >= 15 is 0 Å². The zero-order chi connectivity index (χ0) is 13.5. The van der Waals surface area contributed by atoms with Crippen LogP contribution in [-0.2, 0) is 13.0 Å². The molecule has 1 heterocycles. The van der Waals surface area contributed by atoms with E-state index in [1.54, 1.807) is 0 Å². The van der Waals surface area contributed by atoms with E-state index in [2.05, 4.69) is 44.9 Å². The minimum atomic E-state index is 0.624. The summed E-state index contributed by atoms with van der Waals surface area (Å²) < 4.78 is 0. The van der Waals surface area contributed by atoms with E-state index in [1.807, 2.05) is 17.5 Å². The predicted molar refractivity (Wildman–Crippen MR) is 81.0 cm³/mol. The van der Waals surface area contributed by atoms with E-state index in [-0.39, 0.29) is 0 Å². The average molecular weight is 268 g/mol. The van der Waals surface area contributed by atoms with Gasteiger partial charge in [0, 0.05) is 23.7 Å². The average Bonchev–Trinajstić information content (AvgIpc) is 2.72. The fourth-order valence-electron chi connectivity index (χ4n) is 2.23. The molecular weight excluding hydrogens is 240 g/mol. The van der Waals surface area contributed by atoms with Gasteiger partial charge in [0.15, 0.2) is 0 Å². The molecule has 0 aliphatic carbocycles. The molecule has 0 unspecified atom stereocenters. The lowest BCUT2D eigenvalue weighted by Gasteiger charge is -2.22. The van der Waals surface area contributed by atoms with Crippen LogP contribution < -0.4 is 5.32 Å². The maximum Gasteiger partial charge on any atom is 0.107 e. The highest BCUT2D eigenvalue weighted by atomic mass is 32.1. The summed E-state index contributed by atoms with van der Waals surface area (Å²) >= 11 is 1.84. The molecule has 0 radical (unpaired) electrons. The fourth-order valence-corrected chi connectivity index (χ4v) is 3.04. The minimum absolute atomic E-state index is 0.624. The molecule has 18 heavy (non-hydrogen) atoms. The zero-order valence-corrected chi connectivity index (χ0v) is 13.3. The van der Waals surface area contributed by atoms with Crippen LogP contribution in [-0.4, -0.2) is 11.0 Å². The van der Waals surface area contributed by atoms with Crippen molar-refractivity contribution in [2.24, 2.45) is 11.8 Å². The molecular formula is C15H28N2S. The van der Waals surface area contributed by atoms with Crippen molar-refractivity contribution in [2.75, 3.05) is 0 Å². The Hall–Kier alpha value is -0.410. The number of thiazole rings is 1. The van der Waals surface area contributed by atoms with Crippen molar-refractivity contribution >= 4 is 11.3 Å². The summed E-state index contributed by atoms with van der Waals surface area (Å²) in [7, 11) is 0. The van der Waals surface area contributed by atoms with Crippen molar-refractivity contribution in [2.45, 2.75) is 66.5 Å². The third-order valence-electron chi connectivity index (χ3n) is 3.00. The van der Waals surface area contributed by atoms with E-state index in [0.29, 0.717) is 6.04 Å². The standard InChI is InChI=1S/C15H28N2S/c1-6-14-9-17-15(18-14)10-16-13(7-11(2)3)8-12(4)5/h9,11-13,16H,6-8,10H2,1-5H3. The summed E-state index contributed by atoms with van der Waals surface area (Å²) in [6, 6.07) is 0.624. The highest BCUT2D eigenvalue weighted by Crippen LogP contribution is 2.16. The molecule has 0 saturated carbocycles. The summed E-state index contributed by atoms with van der Waals surface area (Å²) in [5.74, 6) is 1.51. The molecule has 0 saturated heterocycles. The maximum absolute atomic E-state index is 4.47. The molecule has 1 N–H and O–H groups in total. The number of hydrogen-bond donors (Lipinski definition) is 1. The number of rotatable bonds is 8. The van der Waals surface area contributed by atoms with Crippen LogP contribution in [0.5, 0.6) is 0 Å². The minimum Gasteiger partial charge on any atom is -0.308 e. The zero-order valence-electron chi connectivity index (χ0n) is 12.5. The highest BCUT2D eigenvalue weighted by molar-refractivity contribution is 7.11. The van der Waals surface area contributed by atoms with Crippen molar-refractivity contribution in [3.05, 3.63) is 16.1 Å². The van der Waals surface area contributed by atoms with Gasteiger partial charge in [-0.15, -0.1) is 11.3 Å². The first-order chi connectivity index (χ1) is 8.51. The van der Waals surface area contributed by atoms with Crippen LogP contribution in [0.4, 0.5) is 0 Å². The van der Waals surface area contributed by atoms with Gasteiger partial charge in [0.1, 0.15) is 5.01 Å². The lowest BCUT2D eigenvalue weighted by molar-refractivity contribution is 0.358. The van der Waals surface area contributed by atoms with Crippen LogP contribution in [0.2, 0.25) is 0 Å². The van der Waals surface area contributed by atoms with Crippen molar-refractivity contribution in [3.63, 3.8) is 0 Å². The van der Waals surface area contributed by atoms with Crippen molar-refractivity contribution in [1.82, 2.24) is 10.3 Å². The van der Waals surface area contributed by atoms with E-state index in [0.717, 1.165) is 24.8 Å². The smallest absolute Gasteiger partial charge is 0.107 e. The Morgan fingerprint density at radius 2 is 1.78 bits per heavy atom. The van der Waals surface area contributed by atoms with Crippen molar-refractivity contribution in [3.8, 4) is 0 Å². The molecule has 2 nitrogen and oxygen atoms in total. The summed E-state index contributed by atoms with van der Waals surface area (Å²) in [5.41, 5.74) is 0. The van der Waals surface area contributed by atoms with E-state index < -0.39 is 0 Å². The normalized spacial score (nSPS) is 12.0. The Labute approximate surface area is 116 Å². The molecule has 0 aliphatic heterocycles. The quantitative estimate of drug-likeness (QED) is 0.762. The second kappa shape index (κ2) is 7.90. The Balaban J connectivity index is 2.44. The molecule has 1 aromatic rings. The third kappa shape index (κ3) is 5.96. The number of nitrogens with zero attached hydrogens (tertiary/aromatic N) is 1. The third-order valence-corrected chi connectivity index (χ3v) is 4.15. The number of aromatic nitrogens is 1. The van der Waals surface area contributed by atoms with Crippen LogP contribution in [0, 0.1) is 11.8 Å². The SMILES string of the molecule is CCc1cnc(CNC(CC(C)C)CC(C)C)s1. The van der Waals surface area contributed by atoms with Crippen LogP contribution in [0.25, 0.3) is 0 Å². The molecule has 0 aromatic carbocycles. The molecule has 1 rings (SSSR count). The lowest BCUT2D eigenvalue weighted by atomic mass is 9.96. The van der Waals surface area contributed by atoms with Gasteiger partial charge in [-0.05, 0) is 31.1 Å². The summed E-state index contributed by atoms with van der Waals surface area (Å²) in [6.45, 7) is 12.3. The monoisotopic (exact) mass is 268 g/mol. The lowest BCUT2D eigenvalue weighted by Crippen LogP contribution is -2.31. The summed E-state index contributed by atoms with van der Waals surface area (Å²) in [6.07, 6.45) is 5.62. The van der Waals surface area contributed by atoms with Gasteiger partial charge in [0.2, 0.25) is 0 Å². The van der Waals surface area contributed by atoms with Crippen LogP contribution >= 0.6 is 11.3 Å². The number of hydrogen-bond acceptors (Lipinski definition) is 3. The largest absolute Gasteiger partial charge is 0.308 e. The molecule has 0 spiro atoms. The van der Waals surface area contributed by atoms with E-state index in [1.165, 1.54) is 22.7 Å². The molecule has 0 bridgehead atoms. The van der Waals surface area contributed by atoms with Crippen LogP contribution in [0.3, 0.4) is 0 Å². The first-order valence-electron chi connectivity index (χ1n) is 7.18. The van der Waals surface area contributed by atoms with Gasteiger partial charge in [0.25, 0.3) is 0 Å². The van der Waals surface area contributed by atoms with E-state index in [4.69, 9.17) is 0 Å². The van der Waals surface area contributed by atoms with Gasteiger partial charge in [-0.1, -0.05) is 34.6 Å². The van der Waals surface area contributed by atoms with Crippen LogP contribution in [0.15, 0.2) is 6.20 Å². The summed E-state index contributed by atoms with van der Waals surface area (Å²) in [4.78, 5) is 5.86. The second-order valence-corrected chi connectivity index (χ2v) is 7.11. The first kappa shape index (κ1) is 15.6. The topological polar surface area (TPSA) is 24.9 Å². The Morgan fingerprint density at radius 3 is 2.22 bits per heavy atom. The van der Waals surface area contributed by atoms with Gasteiger partial charge in [-0.2, -0.15) is 0 Å². The Bertz CT molecular complexity index is 321. The fraction of sp³-hybridized carbons (Fsp3) is 0.800. The molecule has 3 heteroatoms. The second-order valence-electron chi connectivity index (χ2n) is 5.91. The van der Waals surface area contributed by atoms with Gasteiger partial charge < -0.3 is 5.32 Å². The number of aryl methyl sites for hydroxylation is 1. The molecule has 0 fully saturated rings. The molecule has 0 atom stereocenters. The van der Waals surface area contributed by atoms with Gasteiger partial charge in [-0.25, -0.2) is 4.98 Å². The maximum atomic E-state index is 4.47. The summed E-state index contributed by atoms with van der Waals surface area (Å²) in [5, 5.41) is 4.91. The molecule has 0 aliphatic rings. The van der Waals surface area contributed by atoms with Crippen LogP contribution in [0.1, 0.15) is 57.3 Å². The predicted octanol–water partition coefficient (Wildman–Crippen LogP) is 4.26. The first-order valence-corrected chi connectivity index (χ1v) is 7.99. The molecule has 104 valence electrons. The molecule has 0 amide bonds. The Morgan fingerprint density at radius 1 is 1.17 bits per heavy atom. The van der Waals surface area contributed by atoms with Gasteiger partial charge in [0.05, 0.1) is 0 Å². The highest BCUT2D eigenvalue weighted by Gasteiger charge is 2.13. The Kier molecular flexibility index (Phi) is 6.87. The van der Waals surface area contributed by atoms with Gasteiger partial charge in [-0.3, -0.25) is 0 Å². The number of nitrogens with one attached hydrogen (secondary N) is 1.